The minimum absolute atomic E-state index is 0.269. The molecular weight excluding hydrogens is 310 g/mol. The van der Waals surface area contributed by atoms with Gasteiger partial charge in [-0.05, 0) is 44.9 Å². The second kappa shape index (κ2) is 8.68. The van der Waals surface area contributed by atoms with E-state index < -0.39 is 11.6 Å². The first-order chi connectivity index (χ1) is 11.2. The van der Waals surface area contributed by atoms with Crippen molar-refractivity contribution in [2.24, 2.45) is 5.92 Å². The third kappa shape index (κ3) is 5.53. The fourth-order valence-corrected chi connectivity index (χ4v) is 1.97. The molecule has 0 spiro atoms. The molecule has 0 fully saturated rings. The van der Waals surface area contributed by atoms with Gasteiger partial charge in [-0.2, -0.15) is 0 Å². The topological polar surface area (TPSA) is 73.9 Å². The molecule has 0 aliphatic carbocycles. The van der Waals surface area contributed by atoms with Crippen LogP contribution in [-0.2, 0) is 14.3 Å². The lowest BCUT2D eigenvalue weighted by Gasteiger charge is -2.23. The van der Waals surface area contributed by atoms with Gasteiger partial charge in [-0.25, -0.2) is 4.79 Å². The van der Waals surface area contributed by atoms with Crippen molar-refractivity contribution in [2.45, 2.75) is 40.2 Å². The van der Waals surface area contributed by atoms with Crippen LogP contribution >= 0.6 is 0 Å². The molecule has 0 bridgehead atoms. The molecule has 1 N–H and O–H groups in total. The first kappa shape index (κ1) is 20.0. The molecule has 1 rings (SSSR count). The minimum Gasteiger partial charge on any atom is -0.492 e. The number of carbonyl (C=O) groups excluding carboxylic acids is 2. The minimum atomic E-state index is -0.965. The Kier molecular flexibility index (Phi) is 7.22. The van der Waals surface area contributed by atoms with Gasteiger partial charge >= 0.3 is 5.97 Å². The van der Waals surface area contributed by atoms with Crippen LogP contribution < -0.4 is 10.1 Å². The molecule has 0 unspecified atom stereocenters. The van der Waals surface area contributed by atoms with Crippen molar-refractivity contribution in [3.8, 4) is 5.75 Å². The lowest BCUT2D eigenvalue weighted by Crippen LogP contribution is -2.39. The van der Waals surface area contributed by atoms with Gasteiger partial charge in [0.25, 0.3) is 5.91 Å². The molecule has 0 aliphatic heterocycles. The van der Waals surface area contributed by atoms with Crippen LogP contribution in [0, 0.1) is 5.92 Å². The largest absolute Gasteiger partial charge is 0.492 e. The SMILES string of the molecule is CCOC(C)(C)C(=O)Nc1ccc(OCC(C)C)c(C(=O)OC)c1. The summed E-state index contributed by atoms with van der Waals surface area (Å²) in [5.74, 6) is -0.0653. The molecule has 6 nitrogen and oxygen atoms in total. The molecular formula is C18H27NO5. The van der Waals surface area contributed by atoms with E-state index in [0.29, 0.717) is 30.6 Å². The molecule has 0 aliphatic rings. The van der Waals surface area contributed by atoms with Gasteiger partial charge in [0.1, 0.15) is 16.9 Å². The van der Waals surface area contributed by atoms with E-state index in [1.807, 2.05) is 20.8 Å². The Hall–Kier alpha value is -2.08. The van der Waals surface area contributed by atoms with Gasteiger partial charge in [-0.3, -0.25) is 4.79 Å². The van der Waals surface area contributed by atoms with Crippen LogP contribution in [0.3, 0.4) is 0 Å². The van der Waals surface area contributed by atoms with Crippen molar-refractivity contribution in [1.82, 2.24) is 0 Å². The third-order valence-corrected chi connectivity index (χ3v) is 3.27. The number of benzene rings is 1. The van der Waals surface area contributed by atoms with Crippen molar-refractivity contribution in [1.29, 1.82) is 0 Å². The third-order valence-electron chi connectivity index (χ3n) is 3.27. The predicted molar refractivity (Wildman–Crippen MR) is 92.4 cm³/mol. The number of hydrogen-bond acceptors (Lipinski definition) is 5. The van der Waals surface area contributed by atoms with Gasteiger partial charge in [-0.1, -0.05) is 13.8 Å². The lowest BCUT2D eigenvalue weighted by atomic mass is 10.1. The van der Waals surface area contributed by atoms with Gasteiger partial charge < -0.3 is 19.5 Å². The summed E-state index contributed by atoms with van der Waals surface area (Å²) in [6, 6.07) is 4.88. The predicted octanol–water partition coefficient (Wildman–Crippen LogP) is 3.26. The molecule has 0 atom stereocenters. The number of ether oxygens (including phenoxy) is 3. The van der Waals surface area contributed by atoms with Crippen LogP contribution in [0.25, 0.3) is 0 Å². The highest BCUT2D eigenvalue weighted by molar-refractivity contribution is 5.99. The summed E-state index contributed by atoms with van der Waals surface area (Å²) in [6.45, 7) is 10.1. The molecule has 134 valence electrons. The fourth-order valence-electron chi connectivity index (χ4n) is 1.97. The summed E-state index contributed by atoms with van der Waals surface area (Å²) in [4.78, 5) is 24.3. The molecule has 0 saturated carbocycles. The van der Waals surface area contributed by atoms with E-state index in [1.165, 1.54) is 7.11 Å². The first-order valence-corrected chi connectivity index (χ1v) is 8.01. The maximum absolute atomic E-state index is 12.3. The Morgan fingerprint density at radius 2 is 1.92 bits per heavy atom. The van der Waals surface area contributed by atoms with Crippen LogP contribution in [0.4, 0.5) is 5.69 Å². The second-order valence-corrected chi connectivity index (χ2v) is 6.30. The van der Waals surface area contributed by atoms with Gasteiger partial charge in [0.05, 0.1) is 13.7 Å². The molecule has 6 heteroatoms. The summed E-state index contributed by atoms with van der Waals surface area (Å²) >= 11 is 0. The highest BCUT2D eigenvalue weighted by atomic mass is 16.5. The quantitative estimate of drug-likeness (QED) is 0.737. The average Bonchev–Trinajstić information content (AvgIpc) is 2.52. The summed E-state index contributed by atoms with van der Waals surface area (Å²) in [7, 11) is 1.30. The number of amides is 1. The van der Waals surface area contributed by atoms with Crippen molar-refractivity contribution >= 4 is 17.6 Å². The van der Waals surface area contributed by atoms with Crippen LogP contribution in [0.2, 0.25) is 0 Å². The highest BCUT2D eigenvalue weighted by Crippen LogP contribution is 2.25. The summed E-state index contributed by atoms with van der Waals surface area (Å²) in [6.07, 6.45) is 0. The first-order valence-electron chi connectivity index (χ1n) is 8.01. The van der Waals surface area contributed by atoms with Crippen LogP contribution in [0.15, 0.2) is 18.2 Å². The van der Waals surface area contributed by atoms with E-state index >= 15 is 0 Å². The molecule has 0 radical (unpaired) electrons. The van der Waals surface area contributed by atoms with E-state index in [4.69, 9.17) is 14.2 Å². The normalized spacial score (nSPS) is 11.3. The van der Waals surface area contributed by atoms with Crippen molar-refractivity contribution < 1.29 is 23.8 Å². The molecule has 1 amide bonds. The van der Waals surface area contributed by atoms with Gasteiger partial charge in [-0.15, -0.1) is 0 Å². The summed E-state index contributed by atoms with van der Waals surface area (Å²) in [5, 5.41) is 2.75. The number of rotatable bonds is 8. The van der Waals surface area contributed by atoms with Crippen LogP contribution in [0.5, 0.6) is 5.75 Å². The Morgan fingerprint density at radius 3 is 2.46 bits per heavy atom. The standard InChI is InChI=1S/C18H27NO5/c1-7-24-18(4,5)17(21)19-13-8-9-15(23-11-12(2)3)14(10-13)16(20)22-6/h8-10,12H,7,11H2,1-6H3,(H,19,21). The molecule has 1 aromatic carbocycles. The average molecular weight is 337 g/mol. The Bertz CT molecular complexity index is 581. The number of methoxy groups -OCH3 is 1. The maximum Gasteiger partial charge on any atom is 0.341 e. The molecule has 0 saturated heterocycles. The maximum atomic E-state index is 12.3. The van der Waals surface area contributed by atoms with E-state index in [9.17, 15) is 9.59 Å². The Morgan fingerprint density at radius 1 is 1.25 bits per heavy atom. The fraction of sp³-hybridized carbons (Fsp3) is 0.556. The van der Waals surface area contributed by atoms with E-state index in [2.05, 4.69) is 5.32 Å². The summed E-state index contributed by atoms with van der Waals surface area (Å²) < 4.78 is 15.9. The van der Waals surface area contributed by atoms with Crippen molar-refractivity contribution in [3.63, 3.8) is 0 Å². The Balaban J connectivity index is 3.01. The van der Waals surface area contributed by atoms with Crippen LogP contribution in [0.1, 0.15) is 45.0 Å². The van der Waals surface area contributed by atoms with Crippen molar-refractivity contribution in [2.75, 3.05) is 25.6 Å². The number of carbonyl (C=O) groups is 2. The van der Waals surface area contributed by atoms with Gasteiger partial charge in [0, 0.05) is 12.3 Å². The number of hydrogen-bond donors (Lipinski definition) is 1. The monoisotopic (exact) mass is 337 g/mol. The van der Waals surface area contributed by atoms with E-state index in [1.54, 1.807) is 32.0 Å². The second-order valence-electron chi connectivity index (χ2n) is 6.30. The van der Waals surface area contributed by atoms with Gasteiger partial charge in [0.15, 0.2) is 0 Å². The van der Waals surface area contributed by atoms with Gasteiger partial charge in [0.2, 0.25) is 0 Å². The summed E-state index contributed by atoms with van der Waals surface area (Å²) in [5.41, 5.74) is -0.220. The van der Waals surface area contributed by atoms with E-state index in [0.717, 1.165) is 0 Å². The van der Waals surface area contributed by atoms with Crippen molar-refractivity contribution in [3.05, 3.63) is 23.8 Å². The molecule has 24 heavy (non-hydrogen) atoms. The zero-order valence-corrected chi connectivity index (χ0v) is 15.3. The van der Waals surface area contributed by atoms with E-state index in [-0.39, 0.29) is 11.5 Å². The zero-order chi connectivity index (χ0) is 18.3. The number of anilines is 1. The Labute approximate surface area is 143 Å². The zero-order valence-electron chi connectivity index (χ0n) is 15.3. The molecule has 0 aromatic heterocycles. The number of esters is 1. The molecule has 1 aromatic rings. The number of nitrogens with one attached hydrogen (secondary N) is 1. The molecule has 0 heterocycles. The smallest absolute Gasteiger partial charge is 0.341 e. The van der Waals surface area contributed by atoms with Crippen LogP contribution in [-0.4, -0.2) is 37.8 Å². The highest BCUT2D eigenvalue weighted by Gasteiger charge is 2.28. The lowest BCUT2D eigenvalue weighted by molar-refractivity contribution is -0.136.